The van der Waals surface area contributed by atoms with Crippen molar-refractivity contribution in [2.45, 2.75) is 5.22 Å². The fourth-order valence-corrected chi connectivity index (χ4v) is 2.68. The number of hydrogen-bond donors (Lipinski definition) is 0. The summed E-state index contributed by atoms with van der Waals surface area (Å²) in [4.78, 5) is 3.96. The first kappa shape index (κ1) is 15.1. The predicted molar refractivity (Wildman–Crippen MR) is 87.9 cm³/mol. The Morgan fingerprint density at radius 3 is 2.82 bits per heavy atom. The van der Waals surface area contributed by atoms with Crippen LogP contribution in [0.25, 0.3) is 11.5 Å². The third-order valence-corrected chi connectivity index (χ3v) is 3.98. The van der Waals surface area contributed by atoms with E-state index in [0.717, 1.165) is 21.5 Å². The Bertz CT molecular complexity index is 736. The molecule has 22 heavy (non-hydrogen) atoms. The molecule has 0 aliphatic carbocycles. The zero-order valence-electron chi connectivity index (χ0n) is 11.5. The third-order valence-electron chi connectivity index (χ3n) is 2.71. The van der Waals surface area contributed by atoms with E-state index < -0.39 is 0 Å². The molecule has 0 aliphatic rings. The van der Waals surface area contributed by atoms with Crippen molar-refractivity contribution < 1.29 is 9.15 Å². The smallest absolute Gasteiger partial charge is 0.276 e. The minimum Gasteiger partial charge on any atom is -0.493 e. The summed E-state index contributed by atoms with van der Waals surface area (Å²) in [5, 5.41) is 8.57. The fourth-order valence-electron chi connectivity index (χ4n) is 1.72. The molecule has 2 heterocycles. The van der Waals surface area contributed by atoms with E-state index in [2.05, 4.69) is 31.1 Å². The molecule has 112 valence electrons. The first-order valence-corrected chi connectivity index (χ1v) is 8.34. The maximum Gasteiger partial charge on any atom is 0.276 e. The average molecular weight is 378 g/mol. The molecule has 0 radical (unpaired) electrons. The summed E-state index contributed by atoms with van der Waals surface area (Å²) >= 11 is 4.88. The molecular formula is C15H12BrN3O2S. The van der Waals surface area contributed by atoms with E-state index in [4.69, 9.17) is 9.15 Å². The number of nitrogens with zero attached hydrogens (tertiary/aromatic N) is 3. The zero-order valence-corrected chi connectivity index (χ0v) is 13.9. The van der Waals surface area contributed by atoms with Crippen LogP contribution in [0, 0.1) is 0 Å². The molecule has 0 bridgehead atoms. The lowest BCUT2D eigenvalue weighted by Gasteiger charge is -2.04. The van der Waals surface area contributed by atoms with Gasteiger partial charge in [-0.2, -0.15) is 0 Å². The molecule has 1 aromatic carbocycles. The molecule has 3 rings (SSSR count). The van der Waals surface area contributed by atoms with Crippen LogP contribution in [0.3, 0.4) is 0 Å². The van der Waals surface area contributed by atoms with E-state index >= 15 is 0 Å². The predicted octanol–water partition coefficient (Wildman–Crippen LogP) is 4.07. The molecule has 0 N–H and O–H groups in total. The van der Waals surface area contributed by atoms with Crippen molar-refractivity contribution in [1.82, 2.24) is 15.2 Å². The van der Waals surface area contributed by atoms with Gasteiger partial charge in [0.25, 0.3) is 5.22 Å². The van der Waals surface area contributed by atoms with E-state index in [0.29, 0.717) is 17.7 Å². The van der Waals surface area contributed by atoms with Crippen molar-refractivity contribution >= 4 is 27.7 Å². The lowest BCUT2D eigenvalue weighted by molar-refractivity contribution is 0.343. The summed E-state index contributed by atoms with van der Waals surface area (Å²) in [7, 11) is 0. The van der Waals surface area contributed by atoms with Crippen LogP contribution in [0.1, 0.15) is 0 Å². The minimum atomic E-state index is 0.498. The second-order valence-corrected chi connectivity index (χ2v) is 6.23. The highest BCUT2D eigenvalue weighted by atomic mass is 79.9. The largest absolute Gasteiger partial charge is 0.493 e. The number of halogens is 1. The molecule has 0 unspecified atom stereocenters. The minimum absolute atomic E-state index is 0.498. The summed E-state index contributed by atoms with van der Waals surface area (Å²) in [5.74, 6) is 2.06. The average Bonchev–Trinajstić information content (AvgIpc) is 3.01. The van der Waals surface area contributed by atoms with E-state index in [1.54, 1.807) is 12.4 Å². The van der Waals surface area contributed by atoms with Crippen molar-refractivity contribution in [1.29, 1.82) is 0 Å². The number of thioether (sulfide) groups is 1. The van der Waals surface area contributed by atoms with Gasteiger partial charge in [-0.15, -0.1) is 10.2 Å². The molecule has 0 saturated heterocycles. The Labute approximate surface area is 140 Å². The van der Waals surface area contributed by atoms with Gasteiger partial charge in [-0.3, -0.25) is 4.98 Å². The van der Waals surface area contributed by atoms with Gasteiger partial charge in [0, 0.05) is 28.2 Å². The van der Waals surface area contributed by atoms with Gasteiger partial charge in [-0.25, -0.2) is 0 Å². The lowest BCUT2D eigenvalue weighted by Crippen LogP contribution is -1.99. The molecule has 2 aromatic heterocycles. The first-order valence-electron chi connectivity index (χ1n) is 6.56. The fraction of sp³-hybridized carbons (Fsp3) is 0.133. The number of aromatic nitrogens is 3. The van der Waals surface area contributed by atoms with Crippen molar-refractivity contribution in [3.8, 4) is 17.2 Å². The molecule has 7 heteroatoms. The van der Waals surface area contributed by atoms with Gasteiger partial charge in [0.2, 0.25) is 5.89 Å². The van der Waals surface area contributed by atoms with Crippen LogP contribution in [0.2, 0.25) is 0 Å². The van der Waals surface area contributed by atoms with Crippen LogP contribution >= 0.6 is 27.7 Å². The van der Waals surface area contributed by atoms with Crippen LogP contribution in [-0.2, 0) is 0 Å². The summed E-state index contributed by atoms with van der Waals surface area (Å²) in [6.07, 6.45) is 3.39. The molecule has 5 nitrogen and oxygen atoms in total. The van der Waals surface area contributed by atoms with E-state index in [-0.39, 0.29) is 0 Å². The second-order valence-electron chi connectivity index (χ2n) is 4.26. The maximum atomic E-state index is 5.65. The standard InChI is InChI=1S/C15H12BrN3O2S/c16-12-2-1-3-13(10-12)20-8-9-22-15-19-18-14(21-15)11-4-6-17-7-5-11/h1-7,10H,8-9H2. The highest BCUT2D eigenvalue weighted by molar-refractivity contribution is 9.10. The van der Waals surface area contributed by atoms with E-state index in [9.17, 15) is 0 Å². The summed E-state index contributed by atoms with van der Waals surface area (Å²) in [6.45, 7) is 0.564. The summed E-state index contributed by atoms with van der Waals surface area (Å²) in [5.41, 5.74) is 0.861. The van der Waals surface area contributed by atoms with Gasteiger partial charge in [-0.05, 0) is 30.3 Å². The van der Waals surface area contributed by atoms with Crippen molar-refractivity contribution in [2.24, 2.45) is 0 Å². The molecule has 0 spiro atoms. The monoisotopic (exact) mass is 377 g/mol. The Hall–Kier alpha value is -1.86. The van der Waals surface area contributed by atoms with Gasteiger partial charge in [0.05, 0.1) is 6.61 Å². The molecule has 3 aromatic rings. The van der Waals surface area contributed by atoms with Crippen LogP contribution in [0.5, 0.6) is 5.75 Å². The van der Waals surface area contributed by atoms with Crippen molar-refractivity contribution in [3.63, 3.8) is 0 Å². The Morgan fingerprint density at radius 2 is 2.00 bits per heavy atom. The quantitative estimate of drug-likeness (QED) is 0.476. The highest BCUT2D eigenvalue weighted by Crippen LogP contribution is 2.23. The third kappa shape index (κ3) is 4.08. The van der Waals surface area contributed by atoms with E-state index in [1.807, 2.05) is 36.4 Å². The number of pyridine rings is 1. The molecule has 0 aliphatic heterocycles. The molecule has 0 amide bonds. The Morgan fingerprint density at radius 1 is 1.14 bits per heavy atom. The SMILES string of the molecule is Brc1cccc(OCCSc2nnc(-c3ccncc3)o2)c1. The topological polar surface area (TPSA) is 61.0 Å². The summed E-state index contributed by atoms with van der Waals surface area (Å²) < 4.78 is 12.2. The Kier molecular flexibility index (Phi) is 5.07. The van der Waals surface area contributed by atoms with Crippen LogP contribution in [-0.4, -0.2) is 27.5 Å². The Balaban J connectivity index is 1.49. The van der Waals surface area contributed by atoms with E-state index in [1.165, 1.54) is 11.8 Å². The van der Waals surface area contributed by atoms with Crippen LogP contribution in [0.4, 0.5) is 0 Å². The lowest BCUT2D eigenvalue weighted by atomic mass is 10.3. The van der Waals surface area contributed by atoms with Gasteiger partial charge < -0.3 is 9.15 Å². The van der Waals surface area contributed by atoms with Gasteiger partial charge in [0.15, 0.2) is 0 Å². The van der Waals surface area contributed by atoms with Crippen molar-refractivity contribution in [3.05, 3.63) is 53.3 Å². The van der Waals surface area contributed by atoms with Gasteiger partial charge >= 0.3 is 0 Å². The zero-order chi connectivity index (χ0) is 15.2. The molecule has 0 fully saturated rings. The normalized spacial score (nSPS) is 10.6. The number of ether oxygens (including phenoxy) is 1. The van der Waals surface area contributed by atoms with Gasteiger partial charge in [0.1, 0.15) is 5.75 Å². The highest BCUT2D eigenvalue weighted by Gasteiger charge is 2.08. The van der Waals surface area contributed by atoms with Gasteiger partial charge in [-0.1, -0.05) is 33.8 Å². The number of rotatable bonds is 6. The van der Waals surface area contributed by atoms with Crippen LogP contribution in [0.15, 0.2) is 62.9 Å². The maximum absolute atomic E-state index is 5.65. The van der Waals surface area contributed by atoms with Crippen molar-refractivity contribution in [2.75, 3.05) is 12.4 Å². The summed E-state index contributed by atoms with van der Waals surface area (Å²) in [6, 6.07) is 11.4. The number of benzene rings is 1. The number of hydrogen-bond acceptors (Lipinski definition) is 6. The molecular weight excluding hydrogens is 366 g/mol. The van der Waals surface area contributed by atoms with Crippen LogP contribution < -0.4 is 4.74 Å². The first-order chi connectivity index (χ1) is 10.8. The molecule has 0 saturated carbocycles. The molecule has 0 atom stereocenters. The second kappa shape index (κ2) is 7.42.